The lowest BCUT2D eigenvalue weighted by Crippen LogP contribution is -2.43. The Kier molecular flexibility index (Phi) is 4.31. The highest BCUT2D eigenvalue weighted by atomic mass is 16.3. The van der Waals surface area contributed by atoms with Gasteiger partial charge in [0.05, 0.1) is 6.26 Å². The number of carbonyl (C=O) groups is 3. The summed E-state index contributed by atoms with van der Waals surface area (Å²) in [5.41, 5.74) is 0.779. The molecule has 1 fully saturated rings. The van der Waals surface area contributed by atoms with E-state index in [1.807, 2.05) is 31.2 Å². The summed E-state index contributed by atoms with van der Waals surface area (Å²) in [6, 6.07) is 10.4. The molecule has 0 aliphatic carbocycles. The van der Waals surface area contributed by atoms with Crippen LogP contribution in [0.1, 0.15) is 23.8 Å². The SMILES string of the molecule is Cc1ccc(CNC(=O)CN2C(=O)N[C@](C)(c3ccco3)C2=O)cc1. The van der Waals surface area contributed by atoms with Gasteiger partial charge in [0.15, 0.2) is 5.54 Å². The van der Waals surface area contributed by atoms with Crippen LogP contribution in [-0.2, 0) is 21.7 Å². The van der Waals surface area contributed by atoms with E-state index in [2.05, 4.69) is 10.6 Å². The number of amides is 4. The molecule has 1 aromatic heterocycles. The molecule has 7 heteroatoms. The van der Waals surface area contributed by atoms with Crippen molar-refractivity contribution < 1.29 is 18.8 Å². The fraction of sp³-hybridized carbons (Fsp3) is 0.278. The molecule has 0 bridgehead atoms. The average molecular weight is 341 g/mol. The molecule has 0 spiro atoms. The number of urea groups is 1. The molecule has 130 valence electrons. The summed E-state index contributed by atoms with van der Waals surface area (Å²) in [7, 11) is 0. The Balaban J connectivity index is 1.62. The van der Waals surface area contributed by atoms with Gasteiger partial charge in [-0.3, -0.25) is 14.5 Å². The number of rotatable bonds is 5. The molecule has 4 amide bonds. The molecular formula is C18H19N3O4. The van der Waals surface area contributed by atoms with Gasteiger partial charge >= 0.3 is 6.03 Å². The van der Waals surface area contributed by atoms with Gasteiger partial charge in [0, 0.05) is 6.54 Å². The third kappa shape index (κ3) is 3.26. The number of carbonyl (C=O) groups excluding carboxylic acids is 3. The molecule has 0 radical (unpaired) electrons. The van der Waals surface area contributed by atoms with Crippen LogP contribution in [0.5, 0.6) is 0 Å². The molecule has 25 heavy (non-hydrogen) atoms. The number of nitrogens with zero attached hydrogens (tertiary/aromatic N) is 1. The summed E-state index contributed by atoms with van der Waals surface area (Å²) in [5, 5.41) is 5.29. The lowest BCUT2D eigenvalue weighted by molar-refractivity contribution is -0.135. The van der Waals surface area contributed by atoms with E-state index in [4.69, 9.17) is 4.42 Å². The molecule has 2 heterocycles. The van der Waals surface area contributed by atoms with Crippen molar-refractivity contribution in [2.75, 3.05) is 6.54 Å². The van der Waals surface area contributed by atoms with Crippen LogP contribution in [-0.4, -0.2) is 29.3 Å². The smallest absolute Gasteiger partial charge is 0.325 e. The lowest BCUT2D eigenvalue weighted by Gasteiger charge is -2.18. The van der Waals surface area contributed by atoms with Gasteiger partial charge in [0.25, 0.3) is 5.91 Å². The van der Waals surface area contributed by atoms with Crippen LogP contribution in [0.3, 0.4) is 0 Å². The summed E-state index contributed by atoms with van der Waals surface area (Å²) < 4.78 is 5.24. The van der Waals surface area contributed by atoms with E-state index in [0.717, 1.165) is 16.0 Å². The van der Waals surface area contributed by atoms with Gasteiger partial charge in [-0.15, -0.1) is 0 Å². The zero-order valence-corrected chi connectivity index (χ0v) is 14.0. The van der Waals surface area contributed by atoms with Gasteiger partial charge in [0.1, 0.15) is 12.3 Å². The van der Waals surface area contributed by atoms with Crippen molar-refractivity contribution in [3.8, 4) is 0 Å². The normalized spacial score (nSPS) is 19.8. The zero-order valence-electron chi connectivity index (χ0n) is 14.0. The Bertz CT molecular complexity index is 798. The minimum absolute atomic E-state index is 0.327. The van der Waals surface area contributed by atoms with Crippen molar-refractivity contribution in [1.82, 2.24) is 15.5 Å². The topological polar surface area (TPSA) is 91.7 Å². The predicted molar refractivity (Wildman–Crippen MR) is 89.3 cm³/mol. The molecule has 1 aliphatic rings. The maximum Gasteiger partial charge on any atom is 0.325 e. The molecule has 2 aromatic rings. The van der Waals surface area contributed by atoms with Gasteiger partial charge in [-0.1, -0.05) is 29.8 Å². The summed E-state index contributed by atoms with van der Waals surface area (Å²) in [4.78, 5) is 37.7. The van der Waals surface area contributed by atoms with Crippen molar-refractivity contribution in [3.63, 3.8) is 0 Å². The van der Waals surface area contributed by atoms with Crippen molar-refractivity contribution in [1.29, 1.82) is 0 Å². The second kappa shape index (κ2) is 6.43. The molecule has 1 saturated heterocycles. The number of furan rings is 1. The fourth-order valence-electron chi connectivity index (χ4n) is 2.68. The first-order chi connectivity index (χ1) is 11.9. The van der Waals surface area contributed by atoms with E-state index < -0.39 is 23.4 Å². The quantitative estimate of drug-likeness (QED) is 0.809. The standard InChI is InChI=1S/C18H19N3O4/c1-12-5-7-13(8-6-12)10-19-15(22)11-21-16(23)18(2,20-17(21)24)14-4-3-9-25-14/h3-9H,10-11H2,1-2H3,(H,19,22)(H,20,24)/t18-/m1/s1. The minimum Gasteiger partial charge on any atom is -0.466 e. The number of hydrogen-bond acceptors (Lipinski definition) is 4. The van der Waals surface area contributed by atoms with E-state index >= 15 is 0 Å². The Labute approximate surface area is 145 Å². The molecule has 0 unspecified atom stereocenters. The number of imide groups is 1. The first-order valence-electron chi connectivity index (χ1n) is 7.90. The Morgan fingerprint density at radius 1 is 1.24 bits per heavy atom. The highest BCUT2D eigenvalue weighted by molar-refractivity contribution is 6.08. The Hall–Kier alpha value is -3.09. The molecule has 1 aromatic carbocycles. The summed E-state index contributed by atoms with van der Waals surface area (Å²) in [6.45, 7) is 3.53. The van der Waals surface area contributed by atoms with E-state index in [9.17, 15) is 14.4 Å². The summed E-state index contributed by atoms with van der Waals surface area (Å²) >= 11 is 0. The minimum atomic E-state index is -1.29. The Morgan fingerprint density at radius 2 is 1.96 bits per heavy atom. The van der Waals surface area contributed by atoms with Crippen molar-refractivity contribution in [2.45, 2.75) is 25.9 Å². The first-order valence-corrected chi connectivity index (χ1v) is 7.90. The highest BCUT2D eigenvalue weighted by Gasteiger charge is 2.51. The first kappa shape index (κ1) is 16.8. The van der Waals surface area contributed by atoms with Crippen LogP contribution in [0.25, 0.3) is 0 Å². The molecular weight excluding hydrogens is 322 g/mol. The van der Waals surface area contributed by atoms with Gasteiger partial charge in [-0.2, -0.15) is 0 Å². The van der Waals surface area contributed by atoms with E-state index in [1.165, 1.54) is 6.26 Å². The highest BCUT2D eigenvalue weighted by Crippen LogP contribution is 2.28. The van der Waals surface area contributed by atoms with Crippen LogP contribution in [0, 0.1) is 6.92 Å². The van der Waals surface area contributed by atoms with E-state index in [-0.39, 0.29) is 6.54 Å². The van der Waals surface area contributed by atoms with E-state index in [0.29, 0.717) is 12.3 Å². The predicted octanol–water partition coefficient (Wildman–Crippen LogP) is 1.67. The molecule has 1 aliphatic heterocycles. The largest absolute Gasteiger partial charge is 0.466 e. The van der Waals surface area contributed by atoms with Crippen LogP contribution in [0.4, 0.5) is 4.79 Å². The van der Waals surface area contributed by atoms with Gasteiger partial charge in [0.2, 0.25) is 5.91 Å². The zero-order chi connectivity index (χ0) is 18.0. The van der Waals surface area contributed by atoms with Gasteiger partial charge in [-0.05, 0) is 31.5 Å². The molecule has 2 N–H and O–H groups in total. The van der Waals surface area contributed by atoms with Crippen molar-refractivity contribution in [2.24, 2.45) is 0 Å². The Morgan fingerprint density at radius 3 is 2.60 bits per heavy atom. The van der Waals surface area contributed by atoms with Crippen LogP contribution in [0.15, 0.2) is 47.1 Å². The second-order valence-corrected chi connectivity index (χ2v) is 6.19. The van der Waals surface area contributed by atoms with Crippen LogP contribution < -0.4 is 10.6 Å². The van der Waals surface area contributed by atoms with Crippen molar-refractivity contribution >= 4 is 17.8 Å². The van der Waals surface area contributed by atoms with Crippen LogP contribution in [0.2, 0.25) is 0 Å². The second-order valence-electron chi connectivity index (χ2n) is 6.19. The van der Waals surface area contributed by atoms with Crippen molar-refractivity contribution in [3.05, 3.63) is 59.5 Å². The molecule has 1 atom stereocenters. The molecule has 3 rings (SSSR count). The molecule has 0 saturated carbocycles. The van der Waals surface area contributed by atoms with Crippen LogP contribution >= 0.6 is 0 Å². The van der Waals surface area contributed by atoms with Gasteiger partial charge in [-0.25, -0.2) is 4.79 Å². The number of hydrogen-bond donors (Lipinski definition) is 2. The number of aryl methyl sites for hydroxylation is 1. The third-order valence-corrected chi connectivity index (χ3v) is 4.20. The number of benzene rings is 1. The molecule has 7 nitrogen and oxygen atoms in total. The summed E-state index contributed by atoms with van der Waals surface area (Å²) in [5.74, 6) is -0.598. The maximum absolute atomic E-state index is 12.6. The van der Waals surface area contributed by atoms with Gasteiger partial charge < -0.3 is 15.1 Å². The fourth-order valence-corrected chi connectivity index (χ4v) is 2.68. The summed E-state index contributed by atoms with van der Waals surface area (Å²) in [6.07, 6.45) is 1.43. The monoisotopic (exact) mass is 341 g/mol. The maximum atomic E-state index is 12.6. The third-order valence-electron chi connectivity index (χ3n) is 4.20. The number of nitrogens with one attached hydrogen (secondary N) is 2. The van der Waals surface area contributed by atoms with E-state index in [1.54, 1.807) is 19.1 Å². The average Bonchev–Trinajstić information content (AvgIpc) is 3.19. The lowest BCUT2D eigenvalue weighted by atomic mass is 9.99.